The second kappa shape index (κ2) is 5.86. The summed E-state index contributed by atoms with van der Waals surface area (Å²) in [5.74, 6) is 2.96. The number of rotatable bonds is 2. The van der Waals surface area contributed by atoms with Crippen LogP contribution in [0.2, 0.25) is 0 Å². The first-order valence-electron chi connectivity index (χ1n) is 8.88. The minimum atomic E-state index is -0.241. The van der Waals surface area contributed by atoms with Gasteiger partial charge in [-0.15, -0.1) is 0 Å². The molecule has 2 saturated heterocycles. The van der Waals surface area contributed by atoms with Crippen molar-refractivity contribution in [3.05, 3.63) is 48.4 Å². The van der Waals surface area contributed by atoms with Crippen molar-refractivity contribution in [3.63, 3.8) is 0 Å². The molecule has 6 nitrogen and oxygen atoms in total. The third-order valence-electron chi connectivity index (χ3n) is 5.42. The molecule has 26 heavy (non-hydrogen) atoms. The van der Waals surface area contributed by atoms with E-state index in [4.69, 9.17) is 4.98 Å². The van der Waals surface area contributed by atoms with Crippen LogP contribution in [0.15, 0.2) is 36.8 Å². The molecule has 5 heterocycles. The molecule has 0 N–H and O–H groups in total. The Bertz CT molecular complexity index is 963. The molecule has 2 fully saturated rings. The van der Waals surface area contributed by atoms with Gasteiger partial charge in [0.2, 0.25) is 0 Å². The summed E-state index contributed by atoms with van der Waals surface area (Å²) < 4.78 is 14.0. The van der Waals surface area contributed by atoms with Gasteiger partial charge in [0.25, 0.3) is 0 Å². The Balaban J connectivity index is 1.40. The van der Waals surface area contributed by atoms with Gasteiger partial charge in [0.05, 0.1) is 11.7 Å². The van der Waals surface area contributed by atoms with Crippen molar-refractivity contribution in [1.29, 1.82) is 0 Å². The molecule has 0 aliphatic carbocycles. The second-order valence-corrected chi connectivity index (χ2v) is 7.13. The van der Waals surface area contributed by atoms with E-state index < -0.39 is 0 Å². The minimum absolute atomic E-state index is 0.241. The zero-order valence-electron chi connectivity index (χ0n) is 14.5. The topological polar surface area (TPSA) is 58.0 Å². The maximum Gasteiger partial charge on any atom is 0.165 e. The van der Waals surface area contributed by atoms with E-state index in [1.165, 1.54) is 6.07 Å². The van der Waals surface area contributed by atoms with E-state index in [1.54, 1.807) is 24.7 Å². The van der Waals surface area contributed by atoms with E-state index in [1.807, 2.05) is 13.0 Å². The third-order valence-corrected chi connectivity index (χ3v) is 5.42. The van der Waals surface area contributed by atoms with Gasteiger partial charge >= 0.3 is 0 Å². The lowest BCUT2D eigenvalue weighted by Gasteiger charge is -2.24. The Morgan fingerprint density at radius 2 is 1.69 bits per heavy atom. The lowest BCUT2D eigenvalue weighted by molar-refractivity contribution is 0.533. The van der Waals surface area contributed by atoms with E-state index >= 15 is 0 Å². The van der Waals surface area contributed by atoms with Crippen LogP contribution in [-0.4, -0.2) is 46.1 Å². The molecule has 2 aliphatic rings. The number of aromatic nitrogens is 4. The third kappa shape index (κ3) is 2.46. The van der Waals surface area contributed by atoms with Crippen molar-refractivity contribution in [2.75, 3.05) is 36.0 Å². The van der Waals surface area contributed by atoms with Crippen molar-refractivity contribution in [1.82, 2.24) is 19.9 Å². The monoisotopic (exact) mass is 350 g/mol. The van der Waals surface area contributed by atoms with Gasteiger partial charge in [-0.25, -0.2) is 19.3 Å². The smallest absolute Gasteiger partial charge is 0.165 e. The fraction of sp³-hybridized carbons (Fsp3) is 0.368. The number of anilines is 2. The Hall–Kier alpha value is -2.83. The van der Waals surface area contributed by atoms with E-state index in [2.05, 4.69) is 24.8 Å². The molecule has 132 valence electrons. The molecule has 0 bridgehead atoms. The number of aryl methyl sites for hydroxylation is 1. The fourth-order valence-electron chi connectivity index (χ4n) is 4.27. The van der Waals surface area contributed by atoms with Crippen molar-refractivity contribution < 1.29 is 4.39 Å². The summed E-state index contributed by atoms with van der Waals surface area (Å²) in [4.78, 5) is 22.0. The maximum atomic E-state index is 14.0. The largest absolute Gasteiger partial charge is 0.355 e. The summed E-state index contributed by atoms with van der Waals surface area (Å²) >= 11 is 0. The summed E-state index contributed by atoms with van der Waals surface area (Å²) in [6.07, 6.45) is 5.23. The van der Waals surface area contributed by atoms with Crippen LogP contribution < -0.4 is 9.80 Å². The number of hydrogen-bond acceptors (Lipinski definition) is 6. The zero-order chi connectivity index (χ0) is 17.7. The zero-order valence-corrected chi connectivity index (χ0v) is 14.5. The van der Waals surface area contributed by atoms with Gasteiger partial charge in [0.1, 0.15) is 11.6 Å². The first-order valence-corrected chi connectivity index (χ1v) is 8.88. The number of fused-ring (bicyclic) bond motifs is 2. The first kappa shape index (κ1) is 15.4. The quantitative estimate of drug-likeness (QED) is 0.708. The molecule has 3 aromatic heterocycles. The highest BCUT2D eigenvalue weighted by Gasteiger charge is 2.41. The van der Waals surface area contributed by atoms with Crippen LogP contribution in [0.1, 0.15) is 5.82 Å². The van der Waals surface area contributed by atoms with Gasteiger partial charge in [0, 0.05) is 55.8 Å². The second-order valence-electron chi connectivity index (χ2n) is 7.13. The lowest BCUT2D eigenvalue weighted by Crippen LogP contribution is -2.30. The molecule has 0 spiro atoms. The first-order chi connectivity index (χ1) is 12.7. The molecule has 2 aliphatic heterocycles. The minimum Gasteiger partial charge on any atom is -0.355 e. The molecule has 5 rings (SSSR count). The highest BCUT2D eigenvalue weighted by Crippen LogP contribution is 2.37. The summed E-state index contributed by atoms with van der Waals surface area (Å²) in [5.41, 5.74) is 0.879. The predicted octanol–water partition coefficient (Wildman–Crippen LogP) is 2.44. The average Bonchev–Trinajstić information content (AvgIpc) is 3.20. The van der Waals surface area contributed by atoms with E-state index in [0.717, 1.165) is 48.7 Å². The molecule has 7 heteroatoms. The molecular formula is C19H19FN6. The van der Waals surface area contributed by atoms with E-state index in [-0.39, 0.29) is 5.82 Å². The number of pyridine rings is 2. The van der Waals surface area contributed by atoms with Crippen molar-refractivity contribution in [2.24, 2.45) is 11.8 Å². The maximum absolute atomic E-state index is 14.0. The van der Waals surface area contributed by atoms with Crippen molar-refractivity contribution in [2.45, 2.75) is 6.92 Å². The SMILES string of the molecule is Cc1nc(N2CC3CN(c4ncccc4F)CC3C2)c2ccncc2n1. The van der Waals surface area contributed by atoms with Gasteiger partial charge < -0.3 is 9.80 Å². The van der Waals surface area contributed by atoms with E-state index in [0.29, 0.717) is 17.7 Å². The van der Waals surface area contributed by atoms with Gasteiger partial charge in [-0.05, 0) is 25.1 Å². The van der Waals surface area contributed by atoms with Crippen LogP contribution in [0.25, 0.3) is 10.9 Å². The molecule has 0 radical (unpaired) electrons. The number of nitrogens with zero attached hydrogens (tertiary/aromatic N) is 6. The summed E-state index contributed by atoms with van der Waals surface area (Å²) in [5, 5.41) is 1.04. The number of halogens is 1. The molecule has 3 aromatic rings. The van der Waals surface area contributed by atoms with Crippen LogP contribution in [0.4, 0.5) is 16.0 Å². The molecular weight excluding hydrogens is 331 g/mol. The number of hydrogen-bond donors (Lipinski definition) is 0. The fourth-order valence-corrected chi connectivity index (χ4v) is 4.27. The van der Waals surface area contributed by atoms with Crippen LogP contribution in [-0.2, 0) is 0 Å². The summed E-state index contributed by atoms with van der Waals surface area (Å²) in [6.45, 7) is 5.42. The molecule has 0 amide bonds. The molecule has 0 saturated carbocycles. The average molecular weight is 350 g/mol. The van der Waals surface area contributed by atoms with Crippen molar-refractivity contribution >= 4 is 22.5 Å². The molecule has 0 aromatic carbocycles. The Kier molecular flexibility index (Phi) is 3.48. The van der Waals surface area contributed by atoms with Gasteiger partial charge in [0.15, 0.2) is 11.6 Å². The molecule has 2 unspecified atom stereocenters. The van der Waals surface area contributed by atoms with Crippen molar-refractivity contribution in [3.8, 4) is 0 Å². The lowest BCUT2D eigenvalue weighted by atomic mass is 10.0. The van der Waals surface area contributed by atoms with Crippen LogP contribution in [0.3, 0.4) is 0 Å². The Morgan fingerprint density at radius 3 is 2.42 bits per heavy atom. The molecule has 2 atom stereocenters. The Labute approximate surface area is 150 Å². The van der Waals surface area contributed by atoms with Crippen LogP contribution in [0.5, 0.6) is 0 Å². The van der Waals surface area contributed by atoms with Crippen LogP contribution >= 0.6 is 0 Å². The Morgan fingerprint density at radius 1 is 0.962 bits per heavy atom. The summed E-state index contributed by atoms with van der Waals surface area (Å²) in [7, 11) is 0. The van der Waals surface area contributed by atoms with Gasteiger partial charge in [-0.3, -0.25) is 4.98 Å². The standard InChI is InChI=1S/C19H19FN6/c1-12-23-17-7-21-6-4-15(17)18(24-12)25-8-13-10-26(11-14(13)9-25)19-16(20)3-2-5-22-19/h2-7,13-14H,8-11H2,1H3. The predicted molar refractivity (Wildman–Crippen MR) is 97.7 cm³/mol. The highest BCUT2D eigenvalue weighted by molar-refractivity contribution is 5.89. The highest BCUT2D eigenvalue weighted by atomic mass is 19.1. The normalized spacial score (nSPS) is 22.2. The van der Waals surface area contributed by atoms with Crippen LogP contribution in [0, 0.1) is 24.6 Å². The summed E-state index contributed by atoms with van der Waals surface area (Å²) in [6, 6.07) is 5.09. The van der Waals surface area contributed by atoms with Gasteiger partial charge in [-0.2, -0.15) is 0 Å². The van der Waals surface area contributed by atoms with Gasteiger partial charge in [-0.1, -0.05) is 0 Å². The van der Waals surface area contributed by atoms with E-state index in [9.17, 15) is 4.39 Å².